The molecule has 7 heteroatoms. The van der Waals surface area contributed by atoms with Crippen LogP contribution in [0.2, 0.25) is 0 Å². The molecule has 1 amide bonds. The molecule has 0 aliphatic carbocycles. The third-order valence-electron chi connectivity index (χ3n) is 5.07. The smallest absolute Gasteiger partial charge is 0.243 e. The van der Waals surface area contributed by atoms with E-state index in [9.17, 15) is 13.2 Å². The quantitative estimate of drug-likeness (QED) is 0.826. The van der Waals surface area contributed by atoms with Crippen LogP contribution in [0.25, 0.3) is 0 Å². The fraction of sp³-hybridized carbons (Fsp3) is 0.611. The molecule has 0 aromatic heterocycles. The van der Waals surface area contributed by atoms with Gasteiger partial charge < -0.3 is 10.6 Å². The molecule has 1 aromatic carbocycles. The molecule has 2 N–H and O–H groups in total. The van der Waals surface area contributed by atoms with E-state index in [4.69, 9.17) is 0 Å². The summed E-state index contributed by atoms with van der Waals surface area (Å²) < 4.78 is 27.3. The monoisotopic (exact) mass is 365 g/mol. The number of sulfonamides is 1. The average Bonchev–Trinajstić information content (AvgIpc) is 2.67. The number of rotatable bonds is 5. The Balaban J connectivity index is 1.68. The van der Waals surface area contributed by atoms with Crippen LogP contribution >= 0.6 is 0 Å². The number of carbonyl (C=O) groups is 1. The summed E-state index contributed by atoms with van der Waals surface area (Å²) in [5.74, 6) is 0.269. The maximum absolute atomic E-state index is 12.9. The van der Waals surface area contributed by atoms with E-state index >= 15 is 0 Å². The molecular formula is C18H27N3O3S. The van der Waals surface area contributed by atoms with Gasteiger partial charge in [-0.05, 0) is 56.8 Å². The van der Waals surface area contributed by atoms with E-state index in [0.717, 1.165) is 38.8 Å². The number of hydrogen-bond donors (Lipinski definition) is 2. The molecule has 6 nitrogen and oxygen atoms in total. The minimum atomic E-state index is -3.64. The number of amides is 1. The number of hydrogen-bond acceptors (Lipinski definition) is 4. The first-order valence-corrected chi connectivity index (χ1v) is 10.6. The van der Waals surface area contributed by atoms with Crippen LogP contribution in [0.5, 0.6) is 0 Å². The van der Waals surface area contributed by atoms with Crippen molar-refractivity contribution < 1.29 is 13.2 Å². The highest BCUT2D eigenvalue weighted by Crippen LogP contribution is 2.25. The number of benzene rings is 1. The summed E-state index contributed by atoms with van der Waals surface area (Å²) in [4.78, 5) is 12.9. The van der Waals surface area contributed by atoms with Gasteiger partial charge in [-0.3, -0.25) is 4.79 Å². The van der Waals surface area contributed by atoms with E-state index in [1.54, 1.807) is 30.3 Å². The van der Waals surface area contributed by atoms with Crippen LogP contribution in [0.15, 0.2) is 35.2 Å². The van der Waals surface area contributed by atoms with Gasteiger partial charge in [0.15, 0.2) is 0 Å². The van der Waals surface area contributed by atoms with Crippen LogP contribution in [0.3, 0.4) is 0 Å². The zero-order valence-corrected chi connectivity index (χ0v) is 15.3. The van der Waals surface area contributed by atoms with Crippen molar-refractivity contribution in [1.29, 1.82) is 0 Å². The van der Waals surface area contributed by atoms with E-state index in [2.05, 4.69) is 10.6 Å². The van der Waals surface area contributed by atoms with Crippen molar-refractivity contribution in [3.8, 4) is 0 Å². The lowest BCUT2D eigenvalue weighted by Gasteiger charge is -2.34. The normalized spacial score (nSPS) is 25.4. The molecule has 2 heterocycles. The van der Waals surface area contributed by atoms with E-state index in [-0.39, 0.29) is 10.8 Å². The first-order valence-electron chi connectivity index (χ1n) is 9.14. The van der Waals surface area contributed by atoms with Crippen molar-refractivity contribution in [3.63, 3.8) is 0 Å². The van der Waals surface area contributed by atoms with Crippen LogP contribution in [-0.4, -0.2) is 50.9 Å². The van der Waals surface area contributed by atoms with Crippen LogP contribution in [0.4, 0.5) is 0 Å². The SMILES string of the molecule is O=C(NCC1CCCNC1)C1CCCCN1S(=O)(=O)c1ccccc1. The molecule has 2 unspecified atom stereocenters. The highest BCUT2D eigenvalue weighted by atomic mass is 32.2. The van der Waals surface area contributed by atoms with Gasteiger partial charge in [-0.2, -0.15) is 4.31 Å². The predicted molar refractivity (Wildman–Crippen MR) is 96.6 cm³/mol. The number of nitrogens with zero attached hydrogens (tertiary/aromatic N) is 1. The lowest BCUT2D eigenvalue weighted by atomic mass is 9.99. The largest absolute Gasteiger partial charge is 0.354 e. The van der Waals surface area contributed by atoms with Crippen molar-refractivity contribution >= 4 is 15.9 Å². The van der Waals surface area contributed by atoms with E-state index < -0.39 is 16.1 Å². The Bertz CT molecular complexity index is 672. The molecule has 25 heavy (non-hydrogen) atoms. The fourth-order valence-electron chi connectivity index (χ4n) is 3.64. The molecule has 138 valence electrons. The third-order valence-corrected chi connectivity index (χ3v) is 6.99. The maximum Gasteiger partial charge on any atom is 0.243 e. The summed E-state index contributed by atoms with van der Waals surface area (Å²) in [7, 11) is -3.64. The maximum atomic E-state index is 12.9. The van der Waals surface area contributed by atoms with Crippen LogP contribution in [0, 0.1) is 5.92 Å². The second-order valence-corrected chi connectivity index (χ2v) is 8.79. The topological polar surface area (TPSA) is 78.5 Å². The number of nitrogens with one attached hydrogen (secondary N) is 2. The van der Waals surface area contributed by atoms with Gasteiger partial charge >= 0.3 is 0 Å². The minimum Gasteiger partial charge on any atom is -0.354 e. The second-order valence-electron chi connectivity index (χ2n) is 6.90. The number of carbonyl (C=O) groups excluding carboxylic acids is 1. The van der Waals surface area contributed by atoms with Gasteiger partial charge in [0.25, 0.3) is 0 Å². The van der Waals surface area contributed by atoms with E-state index in [1.807, 2.05) is 0 Å². The van der Waals surface area contributed by atoms with Gasteiger partial charge in [0, 0.05) is 13.1 Å². The molecule has 1 aromatic rings. The van der Waals surface area contributed by atoms with Gasteiger partial charge in [0.2, 0.25) is 15.9 Å². The number of piperidine rings is 2. The molecule has 0 bridgehead atoms. The zero-order chi connectivity index (χ0) is 17.7. The standard InChI is InChI=1S/C18H27N3O3S/c22-18(20-14-15-7-6-11-19-13-15)17-10-4-5-12-21(17)25(23,24)16-8-2-1-3-9-16/h1-3,8-9,15,17,19H,4-7,10-14H2,(H,20,22). The van der Waals surface area contributed by atoms with Crippen molar-refractivity contribution in [2.24, 2.45) is 5.92 Å². The average molecular weight is 365 g/mol. The van der Waals surface area contributed by atoms with Crippen LogP contribution in [0.1, 0.15) is 32.1 Å². The summed E-state index contributed by atoms with van der Waals surface area (Å²) in [6.45, 7) is 2.97. The lowest BCUT2D eigenvalue weighted by Crippen LogP contribution is -2.52. The van der Waals surface area contributed by atoms with E-state index in [0.29, 0.717) is 25.4 Å². The first kappa shape index (κ1) is 18.4. The molecule has 0 saturated carbocycles. The Morgan fingerprint density at radius 3 is 2.68 bits per heavy atom. The summed E-state index contributed by atoms with van der Waals surface area (Å²) >= 11 is 0. The van der Waals surface area contributed by atoms with Crippen LogP contribution in [-0.2, 0) is 14.8 Å². The van der Waals surface area contributed by atoms with E-state index in [1.165, 1.54) is 4.31 Å². The molecule has 2 saturated heterocycles. The lowest BCUT2D eigenvalue weighted by molar-refractivity contribution is -0.125. The van der Waals surface area contributed by atoms with Crippen LogP contribution < -0.4 is 10.6 Å². The molecule has 2 aliphatic rings. The summed E-state index contributed by atoms with van der Waals surface area (Å²) in [6, 6.07) is 7.79. The summed E-state index contributed by atoms with van der Waals surface area (Å²) in [5, 5.41) is 6.33. The van der Waals surface area contributed by atoms with Crippen molar-refractivity contribution in [2.45, 2.75) is 43.0 Å². The molecule has 2 atom stereocenters. The highest BCUT2D eigenvalue weighted by molar-refractivity contribution is 7.89. The van der Waals surface area contributed by atoms with Gasteiger partial charge in [-0.15, -0.1) is 0 Å². The molecular weight excluding hydrogens is 338 g/mol. The van der Waals surface area contributed by atoms with Gasteiger partial charge in [0.05, 0.1) is 4.90 Å². The Kier molecular flexibility index (Phi) is 6.09. The first-order chi connectivity index (χ1) is 12.1. The van der Waals surface area contributed by atoms with Crippen molar-refractivity contribution in [1.82, 2.24) is 14.9 Å². The Morgan fingerprint density at radius 1 is 1.16 bits per heavy atom. The molecule has 3 rings (SSSR count). The second kappa shape index (κ2) is 8.29. The highest BCUT2D eigenvalue weighted by Gasteiger charge is 2.37. The molecule has 2 aliphatic heterocycles. The minimum absolute atomic E-state index is 0.162. The zero-order valence-electron chi connectivity index (χ0n) is 14.5. The third kappa shape index (κ3) is 4.40. The summed E-state index contributed by atoms with van der Waals surface area (Å²) in [6.07, 6.45) is 4.48. The predicted octanol–water partition coefficient (Wildman–Crippen LogP) is 1.35. The van der Waals surface area contributed by atoms with Gasteiger partial charge in [-0.25, -0.2) is 8.42 Å². The Labute approximate surface area is 150 Å². The molecule has 2 fully saturated rings. The fourth-order valence-corrected chi connectivity index (χ4v) is 5.32. The van der Waals surface area contributed by atoms with Crippen molar-refractivity contribution in [2.75, 3.05) is 26.2 Å². The Hall–Kier alpha value is -1.44. The van der Waals surface area contributed by atoms with Crippen molar-refractivity contribution in [3.05, 3.63) is 30.3 Å². The molecule has 0 radical (unpaired) electrons. The summed E-state index contributed by atoms with van der Waals surface area (Å²) in [5.41, 5.74) is 0. The van der Waals surface area contributed by atoms with Gasteiger partial charge in [-0.1, -0.05) is 24.6 Å². The van der Waals surface area contributed by atoms with Gasteiger partial charge in [0.1, 0.15) is 6.04 Å². The molecule has 0 spiro atoms. The Morgan fingerprint density at radius 2 is 1.96 bits per heavy atom.